The van der Waals surface area contributed by atoms with E-state index < -0.39 is 0 Å². The quantitative estimate of drug-likeness (QED) is 0.785. The summed E-state index contributed by atoms with van der Waals surface area (Å²) in [6, 6.07) is 8.37. The molecule has 1 saturated heterocycles. The van der Waals surface area contributed by atoms with Crippen molar-refractivity contribution in [1.82, 2.24) is 24.8 Å². The fourth-order valence-corrected chi connectivity index (χ4v) is 3.40. The molecule has 7 nitrogen and oxygen atoms in total. The van der Waals surface area contributed by atoms with E-state index in [1.165, 1.54) is 0 Å². The number of aromatic amines is 1. The summed E-state index contributed by atoms with van der Waals surface area (Å²) in [5, 5.41) is 1.08. The molecule has 0 saturated carbocycles. The van der Waals surface area contributed by atoms with Crippen LogP contribution in [0, 0.1) is 0 Å². The van der Waals surface area contributed by atoms with Gasteiger partial charge in [0.1, 0.15) is 17.8 Å². The molecule has 1 aliphatic rings. The fourth-order valence-electron chi connectivity index (χ4n) is 3.40. The van der Waals surface area contributed by atoms with E-state index in [0.717, 1.165) is 48.7 Å². The average molecular weight is 338 g/mol. The van der Waals surface area contributed by atoms with Crippen molar-refractivity contribution in [2.45, 2.75) is 19.5 Å². The van der Waals surface area contributed by atoms with Crippen molar-refractivity contribution in [3.8, 4) is 5.88 Å². The Kier molecular flexibility index (Phi) is 4.23. The standard InChI is InChI=1S/C18H22N6O/c1-13-10-24(18-15-6-7-19-17(15)20-12-21-18)9-8-23(13)11-14-4-3-5-16(22-14)25-2/h3-7,12-13H,8-11H2,1-2H3,(H,19,20,21). The van der Waals surface area contributed by atoms with Crippen LogP contribution in [0.3, 0.4) is 0 Å². The Bertz CT molecular complexity index is 863. The van der Waals surface area contributed by atoms with Gasteiger partial charge in [0.25, 0.3) is 0 Å². The lowest BCUT2D eigenvalue weighted by molar-refractivity contribution is 0.178. The molecular weight excluding hydrogens is 316 g/mol. The molecular formula is C18H22N6O. The zero-order valence-electron chi connectivity index (χ0n) is 14.5. The molecule has 1 aliphatic heterocycles. The van der Waals surface area contributed by atoms with Crippen molar-refractivity contribution in [3.05, 3.63) is 42.5 Å². The van der Waals surface area contributed by atoms with Gasteiger partial charge in [0.2, 0.25) is 5.88 Å². The SMILES string of the molecule is COc1cccc(CN2CCN(c3ncnc4[nH]ccc34)CC2C)n1. The van der Waals surface area contributed by atoms with Gasteiger partial charge >= 0.3 is 0 Å². The van der Waals surface area contributed by atoms with Crippen molar-refractivity contribution in [1.29, 1.82) is 0 Å². The van der Waals surface area contributed by atoms with Crippen LogP contribution in [0.4, 0.5) is 5.82 Å². The lowest BCUT2D eigenvalue weighted by atomic mass is 10.1. The summed E-state index contributed by atoms with van der Waals surface area (Å²) >= 11 is 0. The van der Waals surface area contributed by atoms with E-state index in [0.29, 0.717) is 11.9 Å². The number of anilines is 1. The van der Waals surface area contributed by atoms with Crippen LogP contribution in [0.1, 0.15) is 12.6 Å². The smallest absolute Gasteiger partial charge is 0.213 e. The first-order valence-corrected chi connectivity index (χ1v) is 8.51. The molecule has 4 rings (SSSR count). The molecule has 1 fully saturated rings. The van der Waals surface area contributed by atoms with E-state index in [1.54, 1.807) is 13.4 Å². The maximum Gasteiger partial charge on any atom is 0.213 e. The molecule has 1 atom stereocenters. The summed E-state index contributed by atoms with van der Waals surface area (Å²) in [6.45, 7) is 5.92. The first kappa shape index (κ1) is 15.8. The summed E-state index contributed by atoms with van der Waals surface area (Å²) in [7, 11) is 1.65. The van der Waals surface area contributed by atoms with Crippen molar-refractivity contribution in [2.24, 2.45) is 0 Å². The Labute approximate surface area is 146 Å². The monoisotopic (exact) mass is 338 g/mol. The van der Waals surface area contributed by atoms with Crippen molar-refractivity contribution in [3.63, 3.8) is 0 Å². The highest BCUT2D eigenvalue weighted by Gasteiger charge is 2.26. The predicted molar refractivity (Wildman–Crippen MR) is 96.8 cm³/mol. The molecule has 0 aromatic carbocycles. The number of hydrogen-bond donors (Lipinski definition) is 1. The van der Waals surface area contributed by atoms with Crippen LogP contribution in [0.15, 0.2) is 36.8 Å². The molecule has 0 radical (unpaired) electrons. The number of pyridine rings is 1. The minimum atomic E-state index is 0.408. The Morgan fingerprint density at radius 1 is 1.24 bits per heavy atom. The van der Waals surface area contributed by atoms with Gasteiger partial charge in [0.05, 0.1) is 18.2 Å². The third-order valence-electron chi connectivity index (χ3n) is 4.75. The molecule has 0 aliphatic carbocycles. The second-order valence-corrected chi connectivity index (χ2v) is 6.37. The van der Waals surface area contributed by atoms with Gasteiger partial charge in [-0.1, -0.05) is 6.07 Å². The molecule has 4 heterocycles. The summed E-state index contributed by atoms with van der Waals surface area (Å²) in [4.78, 5) is 21.3. The van der Waals surface area contributed by atoms with Crippen LogP contribution in [-0.4, -0.2) is 57.6 Å². The van der Waals surface area contributed by atoms with Gasteiger partial charge in [-0.25, -0.2) is 15.0 Å². The number of hydrogen-bond acceptors (Lipinski definition) is 6. The van der Waals surface area contributed by atoms with E-state index in [4.69, 9.17) is 4.74 Å². The van der Waals surface area contributed by atoms with Crippen molar-refractivity contribution >= 4 is 16.9 Å². The van der Waals surface area contributed by atoms with Crippen LogP contribution in [0.2, 0.25) is 0 Å². The Hall–Kier alpha value is -2.67. The lowest BCUT2D eigenvalue weighted by Crippen LogP contribution is -2.51. The normalized spacial score (nSPS) is 18.6. The number of methoxy groups -OCH3 is 1. The van der Waals surface area contributed by atoms with E-state index in [-0.39, 0.29) is 0 Å². The third-order valence-corrected chi connectivity index (χ3v) is 4.75. The summed E-state index contributed by atoms with van der Waals surface area (Å²) < 4.78 is 5.22. The fraction of sp³-hybridized carbons (Fsp3) is 0.389. The Morgan fingerprint density at radius 2 is 2.16 bits per heavy atom. The summed E-state index contributed by atoms with van der Waals surface area (Å²) in [6.07, 6.45) is 3.54. The van der Waals surface area contributed by atoms with E-state index >= 15 is 0 Å². The van der Waals surface area contributed by atoms with Crippen LogP contribution < -0.4 is 9.64 Å². The molecule has 1 unspecified atom stereocenters. The van der Waals surface area contributed by atoms with Crippen LogP contribution >= 0.6 is 0 Å². The zero-order chi connectivity index (χ0) is 17.2. The minimum Gasteiger partial charge on any atom is -0.481 e. The van der Waals surface area contributed by atoms with Crippen molar-refractivity contribution in [2.75, 3.05) is 31.6 Å². The molecule has 1 N–H and O–H groups in total. The highest BCUT2D eigenvalue weighted by Crippen LogP contribution is 2.25. The van der Waals surface area contributed by atoms with E-state index in [1.807, 2.05) is 24.4 Å². The van der Waals surface area contributed by atoms with Crippen LogP contribution in [-0.2, 0) is 6.54 Å². The van der Waals surface area contributed by atoms with E-state index in [9.17, 15) is 0 Å². The Balaban J connectivity index is 1.47. The molecule has 0 bridgehead atoms. The highest BCUT2D eigenvalue weighted by atomic mass is 16.5. The Morgan fingerprint density at radius 3 is 3.00 bits per heavy atom. The van der Waals surface area contributed by atoms with Gasteiger partial charge in [0.15, 0.2) is 0 Å². The van der Waals surface area contributed by atoms with Gasteiger partial charge in [-0.2, -0.15) is 0 Å². The molecule has 0 spiro atoms. The summed E-state index contributed by atoms with van der Waals surface area (Å²) in [5.41, 5.74) is 1.93. The number of nitrogens with one attached hydrogen (secondary N) is 1. The highest BCUT2D eigenvalue weighted by molar-refractivity contribution is 5.87. The number of fused-ring (bicyclic) bond motifs is 1. The topological polar surface area (TPSA) is 70.2 Å². The lowest BCUT2D eigenvalue weighted by Gasteiger charge is -2.40. The first-order chi connectivity index (χ1) is 12.2. The molecule has 130 valence electrons. The minimum absolute atomic E-state index is 0.408. The molecule has 0 amide bonds. The maximum atomic E-state index is 5.22. The number of aromatic nitrogens is 4. The van der Waals surface area contributed by atoms with Gasteiger partial charge in [-0.15, -0.1) is 0 Å². The molecule has 25 heavy (non-hydrogen) atoms. The zero-order valence-corrected chi connectivity index (χ0v) is 14.5. The number of H-pyrrole nitrogens is 1. The number of rotatable bonds is 4. The number of piperazine rings is 1. The number of nitrogens with zero attached hydrogens (tertiary/aromatic N) is 5. The first-order valence-electron chi connectivity index (χ1n) is 8.51. The molecule has 3 aromatic heterocycles. The second-order valence-electron chi connectivity index (χ2n) is 6.37. The third kappa shape index (κ3) is 3.15. The van der Waals surface area contributed by atoms with Gasteiger partial charge in [-0.05, 0) is 19.1 Å². The maximum absolute atomic E-state index is 5.22. The summed E-state index contributed by atoms with van der Waals surface area (Å²) in [5.74, 6) is 1.68. The van der Waals surface area contributed by atoms with Crippen molar-refractivity contribution < 1.29 is 4.74 Å². The average Bonchev–Trinajstić information content (AvgIpc) is 3.12. The van der Waals surface area contributed by atoms with Gasteiger partial charge < -0.3 is 14.6 Å². The second kappa shape index (κ2) is 6.68. The van der Waals surface area contributed by atoms with Crippen LogP contribution in [0.5, 0.6) is 5.88 Å². The molecule has 7 heteroatoms. The molecule has 3 aromatic rings. The number of ether oxygens (including phenoxy) is 1. The van der Waals surface area contributed by atoms with Crippen LogP contribution in [0.25, 0.3) is 11.0 Å². The van der Waals surface area contributed by atoms with E-state index in [2.05, 4.69) is 42.7 Å². The largest absolute Gasteiger partial charge is 0.481 e. The predicted octanol–water partition coefficient (Wildman–Crippen LogP) is 2.07. The van der Waals surface area contributed by atoms with Gasteiger partial charge in [0, 0.05) is 44.5 Å². The van der Waals surface area contributed by atoms with Gasteiger partial charge in [-0.3, -0.25) is 4.90 Å².